The van der Waals surface area contributed by atoms with Gasteiger partial charge < -0.3 is 14.7 Å². The molecular weight excluding hydrogens is 324 g/mol. The summed E-state index contributed by atoms with van der Waals surface area (Å²) in [5, 5.41) is 0. The fourth-order valence-electron chi connectivity index (χ4n) is 5.15. The van der Waals surface area contributed by atoms with Crippen LogP contribution in [-0.4, -0.2) is 97.5 Å². The van der Waals surface area contributed by atoms with Crippen molar-refractivity contribution in [2.24, 2.45) is 10.8 Å². The van der Waals surface area contributed by atoms with Crippen molar-refractivity contribution in [2.75, 3.05) is 72.0 Å². The first-order valence-corrected chi connectivity index (χ1v) is 10.7. The zero-order valence-corrected chi connectivity index (χ0v) is 17.6. The zero-order chi connectivity index (χ0) is 18.8. The molecule has 3 aliphatic rings. The molecule has 0 bridgehead atoms. The van der Waals surface area contributed by atoms with Crippen LogP contribution in [0.2, 0.25) is 0 Å². The lowest BCUT2D eigenvalue weighted by molar-refractivity contribution is -0.132. The van der Waals surface area contributed by atoms with Gasteiger partial charge in [0.2, 0.25) is 5.91 Å². The molecule has 3 fully saturated rings. The number of carbonyl (C=O) groups excluding carboxylic acids is 1. The van der Waals surface area contributed by atoms with Gasteiger partial charge in [0.15, 0.2) is 0 Å². The van der Waals surface area contributed by atoms with Crippen molar-refractivity contribution in [3.05, 3.63) is 0 Å². The number of amides is 1. The molecule has 5 nitrogen and oxygen atoms in total. The van der Waals surface area contributed by atoms with E-state index >= 15 is 0 Å². The van der Waals surface area contributed by atoms with Crippen LogP contribution in [0.5, 0.6) is 0 Å². The van der Waals surface area contributed by atoms with Gasteiger partial charge in [0.05, 0.1) is 6.54 Å². The molecule has 3 heterocycles. The monoisotopic (exact) mass is 364 g/mol. The van der Waals surface area contributed by atoms with E-state index in [1.54, 1.807) is 0 Å². The van der Waals surface area contributed by atoms with Crippen LogP contribution in [0.15, 0.2) is 0 Å². The van der Waals surface area contributed by atoms with Crippen LogP contribution >= 0.6 is 0 Å². The maximum Gasteiger partial charge on any atom is 0.236 e. The molecule has 1 spiro atoms. The molecule has 0 aromatic heterocycles. The Kier molecular flexibility index (Phi) is 6.30. The summed E-state index contributed by atoms with van der Waals surface area (Å²) in [5.74, 6) is 0.361. The summed E-state index contributed by atoms with van der Waals surface area (Å²) in [6.45, 7) is 20.8. The quantitative estimate of drug-likeness (QED) is 0.763. The summed E-state index contributed by atoms with van der Waals surface area (Å²) in [6, 6.07) is 0. The van der Waals surface area contributed by atoms with E-state index in [1.165, 1.54) is 38.9 Å². The van der Waals surface area contributed by atoms with Crippen molar-refractivity contribution in [1.82, 2.24) is 19.6 Å². The Balaban J connectivity index is 1.49. The molecular formula is C21H40N4O. The van der Waals surface area contributed by atoms with E-state index < -0.39 is 0 Å². The highest BCUT2D eigenvalue weighted by Gasteiger charge is 2.43. The summed E-state index contributed by atoms with van der Waals surface area (Å²) in [7, 11) is 0. The average molecular weight is 365 g/mol. The Hall–Kier alpha value is -0.650. The topological polar surface area (TPSA) is 30.0 Å². The average Bonchev–Trinajstić information content (AvgIpc) is 2.97. The second-order valence-electron chi connectivity index (χ2n) is 10.2. The van der Waals surface area contributed by atoms with E-state index in [0.717, 1.165) is 45.8 Å². The molecule has 1 unspecified atom stereocenters. The Morgan fingerprint density at radius 2 is 1.58 bits per heavy atom. The molecule has 26 heavy (non-hydrogen) atoms. The fourth-order valence-corrected chi connectivity index (χ4v) is 5.15. The van der Waals surface area contributed by atoms with Gasteiger partial charge in [-0.15, -0.1) is 0 Å². The second-order valence-corrected chi connectivity index (χ2v) is 10.2. The molecule has 1 atom stereocenters. The van der Waals surface area contributed by atoms with E-state index in [0.29, 0.717) is 23.3 Å². The minimum Gasteiger partial charge on any atom is -0.341 e. The van der Waals surface area contributed by atoms with Crippen molar-refractivity contribution in [3.63, 3.8) is 0 Å². The Labute approximate surface area is 160 Å². The van der Waals surface area contributed by atoms with Crippen molar-refractivity contribution < 1.29 is 4.79 Å². The maximum absolute atomic E-state index is 12.9. The standard InChI is InChI=1S/C21H40N4O/c1-5-22-11-13-23(14-12-22)15-19(26)25-10-8-21(18-25)7-6-9-24(17-21)16-20(2,3)4/h5-18H2,1-4H3. The summed E-state index contributed by atoms with van der Waals surface area (Å²) in [6.07, 6.45) is 3.78. The first kappa shape index (κ1) is 20.1. The first-order chi connectivity index (χ1) is 12.3. The van der Waals surface area contributed by atoms with Crippen LogP contribution in [0.1, 0.15) is 47.0 Å². The van der Waals surface area contributed by atoms with Crippen LogP contribution in [0.4, 0.5) is 0 Å². The Bertz CT molecular complexity index is 481. The number of carbonyl (C=O) groups is 1. The summed E-state index contributed by atoms with van der Waals surface area (Å²) >= 11 is 0. The zero-order valence-electron chi connectivity index (χ0n) is 17.6. The number of piperazine rings is 1. The van der Waals surface area contributed by atoms with E-state index in [2.05, 4.69) is 47.3 Å². The number of piperidine rings is 1. The van der Waals surface area contributed by atoms with Gasteiger partial charge in [0.1, 0.15) is 0 Å². The van der Waals surface area contributed by atoms with E-state index in [-0.39, 0.29) is 0 Å². The first-order valence-electron chi connectivity index (χ1n) is 10.7. The van der Waals surface area contributed by atoms with E-state index in [9.17, 15) is 4.79 Å². The number of nitrogens with zero attached hydrogens (tertiary/aromatic N) is 4. The van der Waals surface area contributed by atoms with Crippen molar-refractivity contribution >= 4 is 5.91 Å². The van der Waals surface area contributed by atoms with Crippen LogP contribution in [0.25, 0.3) is 0 Å². The van der Waals surface area contributed by atoms with Crippen LogP contribution in [-0.2, 0) is 4.79 Å². The normalized spacial score (nSPS) is 29.6. The van der Waals surface area contributed by atoms with Crippen molar-refractivity contribution in [1.29, 1.82) is 0 Å². The molecule has 150 valence electrons. The SMILES string of the molecule is CCN1CCN(CC(=O)N2CCC3(CCCN(CC(C)(C)C)C3)C2)CC1. The van der Waals surface area contributed by atoms with Crippen LogP contribution < -0.4 is 0 Å². The lowest BCUT2D eigenvalue weighted by Gasteiger charge is -2.42. The molecule has 0 aromatic rings. The summed E-state index contributed by atoms with van der Waals surface area (Å²) < 4.78 is 0. The number of likely N-dealkylation sites (N-methyl/N-ethyl adjacent to an activating group) is 1. The molecule has 0 aromatic carbocycles. The lowest BCUT2D eigenvalue weighted by Crippen LogP contribution is -2.50. The predicted octanol–water partition coefficient (Wildman–Crippen LogP) is 1.98. The molecule has 3 rings (SSSR count). The third-order valence-corrected chi connectivity index (χ3v) is 6.50. The Morgan fingerprint density at radius 1 is 0.885 bits per heavy atom. The number of hydrogen-bond donors (Lipinski definition) is 0. The van der Waals surface area contributed by atoms with Gasteiger partial charge in [-0.05, 0) is 37.8 Å². The molecule has 3 aliphatic heterocycles. The van der Waals surface area contributed by atoms with Gasteiger partial charge in [-0.2, -0.15) is 0 Å². The van der Waals surface area contributed by atoms with E-state index in [4.69, 9.17) is 0 Å². The third-order valence-electron chi connectivity index (χ3n) is 6.50. The third kappa shape index (κ3) is 5.20. The predicted molar refractivity (Wildman–Crippen MR) is 107 cm³/mol. The summed E-state index contributed by atoms with van der Waals surface area (Å²) in [4.78, 5) is 22.5. The van der Waals surface area contributed by atoms with Gasteiger partial charge in [0, 0.05) is 57.8 Å². The van der Waals surface area contributed by atoms with Crippen LogP contribution in [0, 0.1) is 10.8 Å². The second kappa shape index (κ2) is 8.15. The molecule has 3 saturated heterocycles. The Morgan fingerprint density at radius 3 is 2.23 bits per heavy atom. The molecule has 0 saturated carbocycles. The lowest BCUT2D eigenvalue weighted by atomic mass is 9.78. The smallest absolute Gasteiger partial charge is 0.236 e. The maximum atomic E-state index is 12.9. The number of hydrogen-bond acceptors (Lipinski definition) is 4. The van der Waals surface area contributed by atoms with E-state index in [1.807, 2.05) is 0 Å². The van der Waals surface area contributed by atoms with Crippen molar-refractivity contribution in [3.8, 4) is 0 Å². The van der Waals surface area contributed by atoms with Crippen molar-refractivity contribution in [2.45, 2.75) is 47.0 Å². The molecule has 0 radical (unpaired) electrons. The molecule has 1 amide bonds. The molecule has 0 aliphatic carbocycles. The van der Waals surface area contributed by atoms with Gasteiger partial charge in [-0.1, -0.05) is 27.7 Å². The number of likely N-dealkylation sites (tertiary alicyclic amines) is 2. The molecule has 5 heteroatoms. The highest BCUT2D eigenvalue weighted by Crippen LogP contribution is 2.39. The molecule has 0 N–H and O–H groups in total. The largest absolute Gasteiger partial charge is 0.341 e. The highest BCUT2D eigenvalue weighted by atomic mass is 16.2. The minimum absolute atomic E-state index is 0.354. The summed E-state index contributed by atoms with van der Waals surface area (Å²) in [5.41, 5.74) is 0.716. The number of rotatable bonds is 4. The highest BCUT2D eigenvalue weighted by molar-refractivity contribution is 5.78. The van der Waals surface area contributed by atoms with Gasteiger partial charge in [0.25, 0.3) is 0 Å². The van der Waals surface area contributed by atoms with Crippen LogP contribution in [0.3, 0.4) is 0 Å². The van der Waals surface area contributed by atoms with Gasteiger partial charge in [-0.3, -0.25) is 9.69 Å². The van der Waals surface area contributed by atoms with Gasteiger partial charge in [-0.25, -0.2) is 0 Å². The van der Waals surface area contributed by atoms with Gasteiger partial charge >= 0.3 is 0 Å². The minimum atomic E-state index is 0.354. The fraction of sp³-hybridized carbons (Fsp3) is 0.952.